The summed E-state index contributed by atoms with van der Waals surface area (Å²) in [6.45, 7) is 3.71. The average Bonchev–Trinajstić information content (AvgIpc) is 3.24. The molecule has 4 heterocycles. The lowest BCUT2D eigenvalue weighted by Gasteiger charge is -2.35. The molecule has 3 fully saturated rings. The molecule has 2 unspecified atom stereocenters. The van der Waals surface area contributed by atoms with Crippen molar-refractivity contribution in [1.29, 1.82) is 0 Å². The van der Waals surface area contributed by atoms with E-state index in [0.29, 0.717) is 34.3 Å². The van der Waals surface area contributed by atoms with E-state index >= 15 is 4.39 Å². The van der Waals surface area contributed by atoms with Crippen molar-refractivity contribution >= 4 is 39.4 Å². The first-order valence-corrected chi connectivity index (χ1v) is 13.5. The molecule has 0 spiro atoms. The van der Waals surface area contributed by atoms with E-state index in [0.717, 1.165) is 49.2 Å². The minimum Gasteiger partial charge on any atom is -0.508 e. The van der Waals surface area contributed by atoms with E-state index in [1.54, 1.807) is 18.3 Å². The van der Waals surface area contributed by atoms with E-state index in [-0.39, 0.29) is 11.4 Å². The van der Waals surface area contributed by atoms with E-state index < -0.39 is 18.0 Å². The Morgan fingerprint density at radius 1 is 0.976 bits per heavy atom. The lowest BCUT2D eigenvalue weighted by molar-refractivity contribution is -0.192. The van der Waals surface area contributed by atoms with Crippen LogP contribution in [0, 0.1) is 17.7 Å². The van der Waals surface area contributed by atoms with Gasteiger partial charge < -0.3 is 20.0 Å². The standard InChI is InChI=1S/C27H26FN5O.C2HF3O2/c28-23-24(21-12-19(34)11-18-4-1-2-5-20(18)21)29-13-22-25(23)30-27(32-8-3-9-32)31-26(22)33-14-16-6-7-17(10-16)15-33;3-2(4,5)1(6)7/h1-2,4-5,11-13,16-17,34H,3,6-10,14-15H2;(H,6,7). The number of aromatic nitrogens is 3. The van der Waals surface area contributed by atoms with E-state index in [1.807, 2.05) is 24.3 Å². The first kappa shape index (κ1) is 27.0. The SMILES string of the molecule is O=C(O)C(F)(F)F.Oc1cc(-c2ncc3c(N4CC5CCC(C5)C4)nc(N4CCC4)nc3c2F)c2ccccc2c1. The summed E-state index contributed by atoms with van der Waals surface area (Å²) in [4.78, 5) is 27.6. The number of fused-ring (bicyclic) bond motifs is 4. The molecule has 2 aliphatic heterocycles. The van der Waals surface area contributed by atoms with Crippen molar-refractivity contribution in [3.63, 3.8) is 0 Å². The van der Waals surface area contributed by atoms with Gasteiger partial charge in [-0.05, 0) is 60.4 Å². The number of rotatable bonds is 3. The van der Waals surface area contributed by atoms with Gasteiger partial charge in [0.05, 0.1) is 5.39 Å². The zero-order valence-electron chi connectivity index (χ0n) is 21.9. The number of carboxylic acids is 1. The highest BCUT2D eigenvalue weighted by atomic mass is 19.4. The Labute approximate surface area is 232 Å². The highest BCUT2D eigenvalue weighted by Gasteiger charge is 2.38. The molecule has 7 rings (SSSR count). The Bertz CT molecular complexity index is 1630. The summed E-state index contributed by atoms with van der Waals surface area (Å²) in [6.07, 6.45) is 1.57. The van der Waals surface area contributed by atoms with Crippen molar-refractivity contribution in [3.8, 4) is 17.0 Å². The molecule has 2 aromatic carbocycles. The molecule has 4 aromatic rings. The summed E-state index contributed by atoms with van der Waals surface area (Å²) in [5.74, 6) is -0.348. The predicted molar refractivity (Wildman–Crippen MR) is 145 cm³/mol. The monoisotopic (exact) mass is 569 g/mol. The van der Waals surface area contributed by atoms with Gasteiger partial charge in [-0.1, -0.05) is 24.3 Å². The third-order valence-electron chi connectivity index (χ3n) is 8.04. The largest absolute Gasteiger partial charge is 0.508 e. The highest BCUT2D eigenvalue weighted by Crippen LogP contribution is 2.41. The van der Waals surface area contributed by atoms with Crippen molar-refractivity contribution in [2.45, 2.75) is 31.9 Å². The summed E-state index contributed by atoms with van der Waals surface area (Å²) >= 11 is 0. The normalized spacial score (nSPS) is 20.1. The fraction of sp³-hybridized carbons (Fsp3) is 0.379. The number of phenols is 1. The second-order valence-corrected chi connectivity index (χ2v) is 10.8. The van der Waals surface area contributed by atoms with Crippen molar-refractivity contribution < 1.29 is 32.6 Å². The number of phenolic OH excluding ortho intramolecular Hbond substituents is 1. The van der Waals surface area contributed by atoms with Crippen LogP contribution in [0.15, 0.2) is 42.6 Å². The van der Waals surface area contributed by atoms with Crippen LogP contribution in [-0.2, 0) is 4.79 Å². The van der Waals surface area contributed by atoms with Gasteiger partial charge in [0.25, 0.3) is 0 Å². The maximum absolute atomic E-state index is 16.2. The number of alkyl halides is 3. The van der Waals surface area contributed by atoms with Crippen molar-refractivity contribution in [3.05, 3.63) is 48.4 Å². The summed E-state index contributed by atoms with van der Waals surface area (Å²) < 4.78 is 48.0. The van der Waals surface area contributed by atoms with Crippen LogP contribution in [0.5, 0.6) is 5.75 Å². The van der Waals surface area contributed by atoms with Crippen LogP contribution in [0.25, 0.3) is 32.9 Å². The molecule has 41 heavy (non-hydrogen) atoms. The number of nitrogens with zero attached hydrogens (tertiary/aromatic N) is 5. The van der Waals surface area contributed by atoms with Gasteiger partial charge in [0.1, 0.15) is 22.8 Å². The number of benzene rings is 2. The first-order valence-electron chi connectivity index (χ1n) is 13.5. The van der Waals surface area contributed by atoms with Crippen molar-refractivity contribution in [1.82, 2.24) is 15.0 Å². The maximum atomic E-state index is 16.2. The van der Waals surface area contributed by atoms with E-state index in [2.05, 4.69) is 14.8 Å². The van der Waals surface area contributed by atoms with Crippen LogP contribution in [0.4, 0.5) is 29.3 Å². The Morgan fingerprint density at radius 3 is 2.29 bits per heavy atom. The number of hydrogen-bond acceptors (Lipinski definition) is 7. The molecular formula is C29H27F4N5O3. The summed E-state index contributed by atoms with van der Waals surface area (Å²) in [6, 6.07) is 10.9. The molecule has 1 saturated carbocycles. The van der Waals surface area contributed by atoms with E-state index in [9.17, 15) is 18.3 Å². The fourth-order valence-electron chi connectivity index (χ4n) is 5.99. The van der Waals surface area contributed by atoms with Gasteiger partial charge >= 0.3 is 12.1 Å². The van der Waals surface area contributed by atoms with Gasteiger partial charge in [-0.15, -0.1) is 0 Å². The van der Waals surface area contributed by atoms with Gasteiger partial charge in [-0.2, -0.15) is 18.2 Å². The molecule has 2 saturated heterocycles. The Balaban J connectivity index is 0.000000387. The van der Waals surface area contributed by atoms with Gasteiger partial charge in [0.15, 0.2) is 5.82 Å². The van der Waals surface area contributed by atoms with Gasteiger partial charge in [-0.25, -0.2) is 14.2 Å². The number of carboxylic acid groups (broad SMARTS) is 1. The molecule has 3 aliphatic rings. The van der Waals surface area contributed by atoms with Crippen LogP contribution in [0.2, 0.25) is 0 Å². The fourth-order valence-corrected chi connectivity index (χ4v) is 5.99. The number of carbonyl (C=O) groups is 1. The van der Waals surface area contributed by atoms with E-state index in [1.165, 1.54) is 19.3 Å². The molecule has 8 nitrogen and oxygen atoms in total. The van der Waals surface area contributed by atoms with Crippen LogP contribution in [0.1, 0.15) is 25.7 Å². The molecule has 12 heteroatoms. The molecule has 0 amide bonds. The average molecular weight is 570 g/mol. The third kappa shape index (κ3) is 5.18. The van der Waals surface area contributed by atoms with Crippen LogP contribution in [-0.4, -0.2) is 63.5 Å². The van der Waals surface area contributed by atoms with Crippen LogP contribution in [0.3, 0.4) is 0 Å². The molecule has 214 valence electrons. The molecule has 2 aromatic heterocycles. The zero-order chi connectivity index (χ0) is 28.9. The van der Waals surface area contributed by atoms with Gasteiger partial charge in [-0.3, -0.25) is 4.98 Å². The van der Waals surface area contributed by atoms with Crippen molar-refractivity contribution in [2.24, 2.45) is 11.8 Å². The Hall–Kier alpha value is -4.22. The second-order valence-electron chi connectivity index (χ2n) is 10.8. The number of hydrogen-bond donors (Lipinski definition) is 2. The van der Waals surface area contributed by atoms with Gasteiger partial charge in [0.2, 0.25) is 5.95 Å². The number of piperidine rings is 1. The van der Waals surface area contributed by atoms with Crippen LogP contribution >= 0.6 is 0 Å². The molecule has 2 bridgehead atoms. The minimum atomic E-state index is -5.08. The van der Waals surface area contributed by atoms with Crippen molar-refractivity contribution in [2.75, 3.05) is 36.0 Å². The number of pyridine rings is 1. The predicted octanol–water partition coefficient (Wildman–Crippen LogP) is 5.77. The minimum absolute atomic E-state index is 0.0865. The summed E-state index contributed by atoms with van der Waals surface area (Å²) in [5.41, 5.74) is 1.08. The maximum Gasteiger partial charge on any atom is 0.490 e. The topological polar surface area (TPSA) is 103 Å². The molecule has 0 radical (unpaired) electrons. The first-order chi connectivity index (χ1) is 19.6. The number of anilines is 2. The third-order valence-corrected chi connectivity index (χ3v) is 8.04. The second kappa shape index (κ2) is 10.3. The van der Waals surface area contributed by atoms with Crippen LogP contribution < -0.4 is 9.80 Å². The summed E-state index contributed by atoms with van der Waals surface area (Å²) in [5, 5.41) is 19.8. The lowest BCUT2D eigenvalue weighted by atomic mass is 9.98. The molecule has 2 atom stereocenters. The smallest absolute Gasteiger partial charge is 0.490 e. The quantitative estimate of drug-likeness (QED) is 0.300. The molecular weight excluding hydrogens is 542 g/mol. The zero-order valence-corrected chi connectivity index (χ0v) is 21.9. The van der Waals surface area contributed by atoms with E-state index in [4.69, 9.17) is 19.9 Å². The number of aromatic hydroxyl groups is 1. The summed E-state index contributed by atoms with van der Waals surface area (Å²) in [7, 11) is 0. The highest BCUT2D eigenvalue weighted by molar-refractivity contribution is 6.00. The number of halogens is 4. The Morgan fingerprint density at radius 2 is 1.66 bits per heavy atom. The lowest BCUT2D eigenvalue weighted by Crippen LogP contribution is -2.40. The molecule has 2 N–H and O–H groups in total. The number of aliphatic carboxylic acids is 1. The van der Waals surface area contributed by atoms with Gasteiger partial charge in [0, 0.05) is 37.9 Å². The Kier molecular flexibility index (Phi) is 6.79. The molecule has 1 aliphatic carbocycles.